The molecule has 10 heteroatoms. The maximum absolute atomic E-state index is 13.2. The van der Waals surface area contributed by atoms with Crippen LogP contribution >= 0.6 is 0 Å². The third-order valence-corrected chi connectivity index (χ3v) is 5.63. The number of halogens is 3. The summed E-state index contributed by atoms with van der Waals surface area (Å²) in [5.41, 5.74) is 1.29. The number of hydrogen-bond acceptors (Lipinski definition) is 6. The Hall–Kier alpha value is -3.04. The van der Waals surface area contributed by atoms with Crippen molar-refractivity contribution in [2.24, 2.45) is 5.92 Å². The van der Waals surface area contributed by atoms with Crippen LogP contribution in [-0.4, -0.2) is 41.6 Å². The molecule has 1 aliphatic carbocycles. The highest BCUT2D eigenvalue weighted by Gasteiger charge is 2.33. The smallest absolute Gasteiger partial charge is 0.246 e. The first-order valence-corrected chi connectivity index (χ1v) is 9.69. The fraction of sp³-hybridized carbons (Fsp3) is 0.450. The van der Waals surface area contributed by atoms with Crippen molar-refractivity contribution in [3.63, 3.8) is 0 Å². The lowest BCUT2D eigenvalue weighted by atomic mass is 9.81. The molecule has 2 aromatic rings. The fourth-order valence-electron chi connectivity index (χ4n) is 3.61. The lowest BCUT2D eigenvalue weighted by molar-refractivity contribution is -0.117. The highest BCUT2D eigenvalue weighted by molar-refractivity contribution is 6.03. The summed E-state index contributed by atoms with van der Waals surface area (Å²) in [5.74, 6) is -2.84. The van der Waals surface area contributed by atoms with Gasteiger partial charge in [-0.25, -0.2) is 18.2 Å². The van der Waals surface area contributed by atoms with Crippen LogP contribution < -0.4 is 20.3 Å². The molecule has 4 rings (SSSR count). The highest BCUT2D eigenvalue weighted by Crippen LogP contribution is 2.34. The van der Waals surface area contributed by atoms with Crippen molar-refractivity contribution in [2.45, 2.75) is 38.8 Å². The molecule has 1 fully saturated rings. The second kappa shape index (κ2) is 7.66. The Morgan fingerprint density at radius 2 is 1.90 bits per heavy atom. The Morgan fingerprint density at radius 1 is 1.23 bits per heavy atom. The largest absolute Gasteiger partial charge is 0.493 e. The topological polar surface area (TPSA) is 79.4 Å². The first-order valence-electron chi connectivity index (χ1n) is 9.69. The minimum absolute atomic E-state index is 0.0318. The van der Waals surface area contributed by atoms with Gasteiger partial charge in [0.1, 0.15) is 17.5 Å². The van der Waals surface area contributed by atoms with Crippen LogP contribution in [0, 0.1) is 30.3 Å². The van der Waals surface area contributed by atoms with Crippen molar-refractivity contribution in [1.82, 2.24) is 9.97 Å². The average Bonchev–Trinajstić information content (AvgIpc) is 2.67. The number of carbonyl (C=O) groups excluding carboxylic acids is 1. The Balaban J connectivity index is 1.33. The van der Waals surface area contributed by atoms with Crippen molar-refractivity contribution in [3.05, 3.63) is 35.3 Å². The standard InChI is InChI=1S/C20H22F3N5O2/c1-9-17-18(28(3)10(2)19(29)26-17)27-20(24-9)25-12-4-11(5-12)8-30-13-6-14(21)16(23)15(22)7-13/h6-7,10-12H,4-5,8H2,1-3H3,(H,26,29)(H,24,25,27)/t10-,11-,12+/m0/s1. The van der Waals surface area contributed by atoms with Crippen molar-refractivity contribution in [3.8, 4) is 5.75 Å². The van der Waals surface area contributed by atoms with Crippen LogP contribution in [0.2, 0.25) is 0 Å². The molecule has 30 heavy (non-hydrogen) atoms. The second-order valence-corrected chi connectivity index (χ2v) is 7.80. The van der Waals surface area contributed by atoms with E-state index in [1.54, 1.807) is 6.92 Å². The number of hydrogen-bond donors (Lipinski definition) is 2. The van der Waals surface area contributed by atoms with Gasteiger partial charge in [0.15, 0.2) is 23.3 Å². The van der Waals surface area contributed by atoms with E-state index in [1.165, 1.54) is 0 Å². The molecule has 0 saturated heterocycles. The van der Waals surface area contributed by atoms with Gasteiger partial charge < -0.3 is 20.3 Å². The molecule has 1 aliphatic heterocycles. The van der Waals surface area contributed by atoms with E-state index < -0.39 is 17.5 Å². The monoisotopic (exact) mass is 421 g/mol. The number of nitrogens with one attached hydrogen (secondary N) is 2. The molecular formula is C20H22F3N5O2. The number of nitrogens with zero attached hydrogens (tertiary/aromatic N) is 3. The zero-order chi connectivity index (χ0) is 21.6. The van der Waals surface area contributed by atoms with Crippen molar-refractivity contribution < 1.29 is 22.7 Å². The van der Waals surface area contributed by atoms with Crippen LogP contribution in [0.5, 0.6) is 5.75 Å². The minimum atomic E-state index is -1.50. The molecule has 7 nitrogen and oxygen atoms in total. The third-order valence-electron chi connectivity index (χ3n) is 5.63. The zero-order valence-corrected chi connectivity index (χ0v) is 16.8. The van der Waals surface area contributed by atoms with Crippen LogP contribution in [0.15, 0.2) is 12.1 Å². The summed E-state index contributed by atoms with van der Waals surface area (Å²) in [6.07, 6.45) is 1.54. The lowest BCUT2D eigenvalue weighted by Gasteiger charge is -2.36. The molecule has 2 N–H and O–H groups in total. The van der Waals surface area contributed by atoms with Crippen molar-refractivity contribution in [1.29, 1.82) is 0 Å². The van der Waals surface area contributed by atoms with E-state index in [-0.39, 0.29) is 36.3 Å². The summed E-state index contributed by atoms with van der Waals surface area (Å²) >= 11 is 0. The van der Waals surface area contributed by atoms with Crippen LogP contribution in [-0.2, 0) is 4.79 Å². The first kappa shape index (κ1) is 20.2. The molecule has 2 aliphatic rings. The molecule has 160 valence electrons. The highest BCUT2D eigenvalue weighted by atomic mass is 19.2. The van der Waals surface area contributed by atoms with E-state index >= 15 is 0 Å². The Morgan fingerprint density at radius 3 is 2.57 bits per heavy atom. The van der Waals surface area contributed by atoms with Crippen molar-refractivity contribution >= 4 is 23.4 Å². The molecule has 1 aromatic heterocycles. The third kappa shape index (κ3) is 3.73. The average molecular weight is 421 g/mol. The molecule has 1 saturated carbocycles. The van der Waals surface area contributed by atoms with E-state index in [4.69, 9.17) is 4.74 Å². The minimum Gasteiger partial charge on any atom is -0.493 e. The number of likely N-dealkylation sites (N-methyl/N-ethyl adjacent to an activating group) is 1. The SMILES string of the molecule is Cc1nc(N[C@H]2C[C@@H](COc3cc(F)c(F)c(F)c3)C2)nc2c1NC(=O)[C@H](C)N2C. The lowest BCUT2D eigenvalue weighted by Crippen LogP contribution is -2.45. The number of rotatable bonds is 5. The Kier molecular flexibility index (Phi) is 5.17. The molecular weight excluding hydrogens is 399 g/mol. The molecule has 1 amide bonds. The summed E-state index contributed by atoms with van der Waals surface area (Å²) in [4.78, 5) is 22.8. The van der Waals surface area contributed by atoms with Crippen LogP contribution in [0.25, 0.3) is 0 Å². The Labute approximate surface area is 171 Å². The van der Waals surface area contributed by atoms with E-state index in [9.17, 15) is 18.0 Å². The summed E-state index contributed by atoms with van der Waals surface area (Å²) in [5, 5.41) is 6.12. The Bertz CT molecular complexity index is 974. The number of carbonyl (C=O) groups is 1. The van der Waals surface area contributed by atoms with Crippen molar-refractivity contribution in [2.75, 3.05) is 29.2 Å². The van der Waals surface area contributed by atoms with Gasteiger partial charge in [-0.05, 0) is 32.6 Å². The molecule has 0 unspecified atom stereocenters. The molecule has 0 bridgehead atoms. The van der Waals surface area contributed by atoms with Gasteiger partial charge in [0, 0.05) is 25.2 Å². The van der Waals surface area contributed by atoms with Gasteiger partial charge >= 0.3 is 0 Å². The maximum atomic E-state index is 13.2. The van der Waals surface area contributed by atoms with Gasteiger partial charge in [-0.2, -0.15) is 4.98 Å². The summed E-state index contributed by atoms with van der Waals surface area (Å²) in [7, 11) is 1.82. The molecule has 1 atom stereocenters. The van der Waals surface area contributed by atoms with Gasteiger partial charge in [-0.15, -0.1) is 0 Å². The fourth-order valence-corrected chi connectivity index (χ4v) is 3.61. The van der Waals surface area contributed by atoms with Gasteiger partial charge in [-0.1, -0.05) is 0 Å². The van der Waals surface area contributed by atoms with Crippen LogP contribution in [0.4, 0.5) is 30.6 Å². The van der Waals surface area contributed by atoms with Gasteiger partial charge in [0.2, 0.25) is 11.9 Å². The molecule has 2 heterocycles. The maximum Gasteiger partial charge on any atom is 0.246 e. The number of aryl methyl sites for hydroxylation is 1. The summed E-state index contributed by atoms with van der Waals surface area (Å²) in [6, 6.07) is 1.49. The van der Waals surface area contributed by atoms with E-state index in [2.05, 4.69) is 20.6 Å². The summed E-state index contributed by atoms with van der Waals surface area (Å²) < 4.78 is 44.9. The quantitative estimate of drug-likeness (QED) is 0.722. The van der Waals surface area contributed by atoms with Gasteiger partial charge in [-0.3, -0.25) is 4.79 Å². The van der Waals surface area contributed by atoms with Gasteiger partial charge in [0.25, 0.3) is 0 Å². The number of ether oxygens (including phenoxy) is 1. The van der Waals surface area contributed by atoms with E-state index in [1.807, 2.05) is 18.9 Å². The predicted octanol–water partition coefficient (Wildman–Crippen LogP) is 3.25. The number of anilines is 3. The number of amides is 1. The van der Waals surface area contributed by atoms with Gasteiger partial charge in [0.05, 0.1) is 12.3 Å². The number of aromatic nitrogens is 2. The summed E-state index contributed by atoms with van der Waals surface area (Å²) in [6.45, 7) is 3.89. The molecule has 0 radical (unpaired) electrons. The normalized spacial score (nSPS) is 22.8. The number of benzene rings is 1. The second-order valence-electron chi connectivity index (χ2n) is 7.80. The van der Waals surface area contributed by atoms with E-state index in [0.717, 1.165) is 25.0 Å². The molecule has 0 spiro atoms. The zero-order valence-electron chi connectivity index (χ0n) is 16.8. The predicted molar refractivity (Wildman–Crippen MR) is 105 cm³/mol. The van der Waals surface area contributed by atoms with E-state index in [0.29, 0.717) is 23.1 Å². The first-order chi connectivity index (χ1) is 14.2. The van der Waals surface area contributed by atoms with Crippen LogP contribution in [0.3, 0.4) is 0 Å². The number of fused-ring (bicyclic) bond motifs is 1. The van der Waals surface area contributed by atoms with Crippen LogP contribution in [0.1, 0.15) is 25.5 Å². The molecule has 1 aromatic carbocycles.